The Bertz CT molecular complexity index is 806. The molecule has 5 N–H and O–H groups in total. The smallest absolute Gasteiger partial charge is 0.378 e. The van der Waals surface area contributed by atoms with E-state index >= 15 is 0 Å². The summed E-state index contributed by atoms with van der Waals surface area (Å²) in [5.74, 6) is 8.54. The van der Waals surface area contributed by atoms with Crippen LogP contribution in [0.1, 0.15) is 13.8 Å². The van der Waals surface area contributed by atoms with Gasteiger partial charge < -0.3 is 14.4 Å². The van der Waals surface area contributed by atoms with Crippen LogP contribution in [0.4, 0.5) is 5.82 Å². The molecule has 0 spiro atoms. The maximum atomic E-state index is 10.8. The molecule has 2 aromatic heterocycles. The topological polar surface area (TPSA) is 144 Å². The standard InChI is InChI=1S/C9H6O3.C7H12N4.H4N2/c10-7-5-6-3-1-2-4-8(6)12-9(7)11;1-3-11(4-2)7-5-6-8-10-9-7;1-2/h1-5,10H;5-6H,3-4H2,1-2H3;1-2H2. The van der Waals surface area contributed by atoms with Crippen LogP contribution in [0, 0.1) is 0 Å². The van der Waals surface area contributed by atoms with E-state index in [4.69, 9.17) is 9.52 Å². The third-order valence-electron chi connectivity index (χ3n) is 3.20. The summed E-state index contributed by atoms with van der Waals surface area (Å²) >= 11 is 0. The SMILES string of the molecule is CCN(CC)c1ccnnn1.NN.O=c1oc2ccccc2cc1O. The molecule has 0 saturated carbocycles. The molecule has 0 fully saturated rings. The van der Waals surface area contributed by atoms with Crippen LogP contribution in [0.15, 0.2) is 51.8 Å². The number of hydrogen-bond acceptors (Lipinski definition) is 9. The molecule has 2 heterocycles. The number of rotatable bonds is 3. The van der Waals surface area contributed by atoms with Gasteiger partial charge >= 0.3 is 5.63 Å². The fraction of sp³-hybridized carbons (Fsp3) is 0.250. The van der Waals surface area contributed by atoms with E-state index < -0.39 is 5.63 Å². The molecule has 25 heavy (non-hydrogen) atoms. The van der Waals surface area contributed by atoms with Crippen LogP contribution in [-0.4, -0.2) is 33.6 Å². The average molecular weight is 346 g/mol. The van der Waals surface area contributed by atoms with Crippen LogP contribution in [0.2, 0.25) is 0 Å². The minimum absolute atomic E-state index is 0.353. The minimum Gasteiger partial charge on any atom is -0.502 e. The molecule has 0 atom stereocenters. The zero-order chi connectivity index (χ0) is 18.7. The molecule has 3 rings (SSSR count). The molecular weight excluding hydrogens is 324 g/mol. The Morgan fingerprint density at radius 1 is 1.16 bits per heavy atom. The molecule has 0 unspecified atom stereocenters. The van der Waals surface area contributed by atoms with Crippen LogP contribution < -0.4 is 22.2 Å². The molecule has 0 radical (unpaired) electrons. The molecule has 0 aliphatic rings. The van der Waals surface area contributed by atoms with Gasteiger partial charge in [0.2, 0.25) is 5.75 Å². The Kier molecular flexibility index (Phi) is 8.55. The maximum Gasteiger partial charge on any atom is 0.378 e. The summed E-state index contributed by atoms with van der Waals surface area (Å²) in [6, 6.07) is 10.3. The van der Waals surface area contributed by atoms with Crippen molar-refractivity contribution in [2.75, 3.05) is 18.0 Å². The number of hydrazine groups is 1. The fourth-order valence-corrected chi connectivity index (χ4v) is 2.00. The summed E-state index contributed by atoms with van der Waals surface area (Å²) in [7, 11) is 0. The Balaban J connectivity index is 0.000000229. The summed E-state index contributed by atoms with van der Waals surface area (Å²) in [5, 5.41) is 20.8. The molecule has 9 heteroatoms. The number of anilines is 1. The van der Waals surface area contributed by atoms with Gasteiger partial charge in [0.1, 0.15) is 5.58 Å². The largest absolute Gasteiger partial charge is 0.502 e. The van der Waals surface area contributed by atoms with Crippen molar-refractivity contribution in [3.8, 4) is 5.75 Å². The quantitative estimate of drug-likeness (QED) is 0.360. The van der Waals surface area contributed by atoms with Gasteiger partial charge in [-0.15, -0.1) is 10.2 Å². The summed E-state index contributed by atoms with van der Waals surface area (Å²) < 4.78 is 4.79. The van der Waals surface area contributed by atoms with Gasteiger partial charge in [-0.1, -0.05) is 18.2 Å². The lowest BCUT2D eigenvalue weighted by atomic mass is 10.2. The first-order valence-electron chi connectivity index (χ1n) is 7.60. The summed E-state index contributed by atoms with van der Waals surface area (Å²) in [5.41, 5.74) is -0.214. The monoisotopic (exact) mass is 346 g/mol. The van der Waals surface area contributed by atoms with Crippen molar-refractivity contribution < 1.29 is 9.52 Å². The van der Waals surface area contributed by atoms with Crippen molar-refractivity contribution in [3.63, 3.8) is 0 Å². The predicted molar refractivity (Wildman–Crippen MR) is 95.9 cm³/mol. The van der Waals surface area contributed by atoms with Crippen molar-refractivity contribution in [2.24, 2.45) is 11.7 Å². The molecule has 0 amide bonds. The molecule has 0 saturated heterocycles. The lowest BCUT2D eigenvalue weighted by molar-refractivity contribution is 0.428. The van der Waals surface area contributed by atoms with Crippen molar-refractivity contribution in [3.05, 3.63) is 53.0 Å². The van der Waals surface area contributed by atoms with Gasteiger partial charge in [-0.2, -0.15) is 0 Å². The van der Waals surface area contributed by atoms with E-state index in [-0.39, 0.29) is 5.75 Å². The summed E-state index contributed by atoms with van der Waals surface area (Å²) in [6.45, 7) is 6.08. The van der Waals surface area contributed by atoms with Crippen LogP contribution in [-0.2, 0) is 0 Å². The highest BCUT2D eigenvalue weighted by molar-refractivity contribution is 5.77. The molecule has 0 aliphatic carbocycles. The number of hydrogen-bond donors (Lipinski definition) is 3. The number of aromatic nitrogens is 3. The van der Waals surface area contributed by atoms with Crippen LogP contribution in [0.5, 0.6) is 5.75 Å². The molecule has 1 aromatic carbocycles. The first-order chi connectivity index (χ1) is 12.2. The highest BCUT2D eigenvalue weighted by atomic mass is 16.4. The van der Waals surface area contributed by atoms with Gasteiger partial charge in [0, 0.05) is 24.5 Å². The lowest BCUT2D eigenvalue weighted by Gasteiger charge is -2.17. The number of aromatic hydroxyl groups is 1. The van der Waals surface area contributed by atoms with Crippen LogP contribution >= 0.6 is 0 Å². The molecule has 3 aromatic rings. The zero-order valence-corrected chi connectivity index (χ0v) is 14.2. The van der Waals surface area contributed by atoms with E-state index in [0.29, 0.717) is 5.58 Å². The fourth-order valence-electron chi connectivity index (χ4n) is 2.00. The summed E-state index contributed by atoms with van der Waals surface area (Å²) in [6.07, 6.45) is 1.65. The Morgan fingerprint density at radius 2 is 1.84 bits per heavy atom. The maximum absolute atomic E-state index is 10.8. The number of benzene rings is 1. The van der Waals surface area contributed by atoms with Crippen LogP contribution in [0.25, 0.3) is 11.0 Å². The van der Waals surface area contributed by atoms with Gasteiger partial charge in [-0.05, 0) is 31.2 Å². The molecular formula is C16H22N6O3. The predicted octanol–water partition coefficient (Wildman–Crippen LogP) is 1.04. The zero-order valence-electron chi connectivity index (χ0n) is 14.2. The normalized spacial score (nSPS) is 9.44. The molecule has 9 nitrogen and oxygen atoms in total. The van der Waals surface area contributed by atoms with E-state index in [1.807, 2.05) is 12.1 Å². The van der Waals surface area contributed by atoms with Crippen molar-refractivity contribution in [2.45, 2.75) is 13.8 Å². The van der Waals surface area contributed by atoms with Gasteiger partial charge in [-0.25, -0.2) is 4.79 Å². The molecule has 0 aliphatic heterocycles. The van der Waals surface area contributed by atoms with Crippen LogP contribution in [0.3, 0.4) is 0 Å². The van der Waals surface area contributed by atoms with Gasteiger partial charge in [-0.3, -0.25) is 11.7 Å². The second kappa shape index (κ2) is 10.7. The first-order valence-corrected chi connectivity index (χ1v) is 7.60. The minimum atomic E-state index is -0.700. The van der Waals surface area contributed by atoms with Crippen molar-refractivity contribution in [1.29, 1.82) is 0 Å². The van der Waals surface area contributed by atoms with E-state index in [9.17, 15) is 4.79 Å². The number of nitrogens with two attached hydrogens (primary N) is 2. The Morgan fingerprint density at radius 3 is 2.44 bits per heavy atom. The van der Waals surface area contributed by atoms with Crippen molar-refractivity contribution >= 4 is 16.8 Å². The number of para-hydroxylation sites is 1. The lowest BCUT2D eigenvalue weighted by Crippen LogP contribution is -2.23. The van der Waals surface area contributed by atoms with E-state index in [2.05, 4.69) is 45.8 Å². The molecule has 134 valence electrons. The van der Waals surface area contributed by atoms with Gasteiger partial charge in [0.25, 0.3) is 0 Å². The third kappa shape index (κ3) is 5.83. The Labute approximate surface area is 144 Å². The van der Waals surface area contributed by atoms with E-state index in [1.165, 1.54) is 6.07 Å². The molecule has 0 bridgehead atoms. The number of nitrogens with zero attached hydrogens (tertiary/aromatic N) is 4. The Hall–Kier alpha value is -3.04. The number of fused-ring (bicyclic) bond motifs is 1. The van der Waals surface area contributed by atoms with E-state index in [1.54, 1.807) is 24.4 Å². The second-order valence-electron chi connectivity index (χ2n) is 4.61. The second-order valence-corrected chi connectivity index (χ2v) is 4.61. The highest BCUT2D eigenvalue weighted by Crippen LogP contribution is 2.14. The van der Waals surface area contributed by atoms with Gasteiger partial charge in [0.15, 0.2) is 5.82 Å². The van der Waals surface area contributed by atoms with Gasteiger partial charge in [0.05, 0.1) is 6.20 Å². The third-order valence-corrected chi connectivity index (χ3v) is 3.20. The van der Waals surface area contributed by atoms with Crippen molar-refractivity contribution in [1.82, 2.24) is 15.4 Å². The highest BCUT2D eigenvalue weighted by Gasteiger charge is 2.01. The van der Waals surface area contributed by atoms with E-state index in [0.717, 1.165) is 24.3 Å². The summed E-state index contributed by atoms with van der Waals surface area (Å²) in [4.78, 5) is 12.9. The average Bonchev–Trinajstić information content (AvgIpc) is 2.67. The first kappa shape index (κ1) is 20.0.